The molecule has 0 bridgehead atoms. The van der Waals surface area contributed by atoms with Gasteiger partial charge < -0.3 is 20.1 Å². The highest BCUT2D eigenvalue weighted by Gasteiger charge is 2.20. The number of para-hydroxylation sites is 1. The van der Waals surface area contributed by atoms with Crippen LogP contribution in [0, 0.1) is 0 Å². The Labute approximate surface area is 210 Å². The number of aromatic nitrogens is 2. The van der Waals surface area contributed by atoms with Crippen LogP contribution in [0.4, 0.5) is 0 Å². The lowest BCUT2D eigenvalue weighted by atomic mass is 9.99. The topological polar surface area (TPSA) is 87.2 Å². The number of hydrogen-bond acceptors (Lipinski definition) is 4. The van der Waals surface area contributed by atoms with E-state index in [0.717, 1.165) is 44.9 Å². The average molecular weight is 480 g/mol. The monoisotopic (exact) mass is 479 g/mol. The third-order valence-corrected chi connectivity index (χ3v) is 6.32. The van der Waals surface area contributed by atoms with E-state index in [1.807, 2.05) is 79.9 Å². The van der Waals surface area contributed by atoms with E-state index in [9.17, 15) is 9.90 Å². The summed E-state index contributed by atoms with van der Waals surface area (Å²) >= 11 is 0. The zero-order chi connectivity index (χ0) is 24.9. The Morgan fingerprint density at radius 3 is 2.75 bits per heavy atom. The second-order valence-corrected chi connectivity index (χ2v) is 8.89. The number of fused-ring (bicyclic) bond motifs is 2. The molecule has 2 aromatic heterocycles. The third kappa shape index (κ3) is 4.95. The minimum atomic E-state index is -0.439. The summed E-state index contributed by atoms with van der Waals surface area (Å²) in [6, 6.07) is 23.2. The second kappa shape index (κ2) is 10.6. The SMILES string of the molecule is CCCOc1ccc(-c2ccc3ncccc3c2)cc1C(=O)N[C@@H](CO)Cc1c[nH]c2ccccc12. The molecule has 0 aliphatic carbocycles. The van der Waals surface area contributed by atoms with E-state index < -0.39 is 6.04 Å². The Bertz CT molecular complexity index is 1510. The Kier molecular flexibility index (Phi) is 6.96. The lowest BCUT2D eigenvalue weighted by Crippen LogP contribution is -2.39. The van der Waals surface area contributed by atoms with Crippen LogP contribution in [0.3, 0.4) is 0 Å². The fourth-order valence-corrected chi connectivity index (χ4v) is 4.47. The standard InChI is InChI=1S/C30H29N3O3/c1-2-14-36-29-12-10-21(20-9-11-27-22(15-20)6-5-13-31-27)17-26(29)30(35)33-24(19-34)16-23-18-32-28-8-4-3-7-25(23)28/h3-13,15,17-18,24,32,34H,2,14,16,19H2,1H3,(H,33,35)/t24-/m1/s1. The molecule has 1 atom stereocenters. The Hall–Kier alpha value is -4.16. The van der Waals surface area contributed by atoms with Crippen molar-refractivity contribution in [1.82, 2.24) is 15.3 Å². The molecule has 5 aromatic rings. The molecule has 6 heteroatoms. The largest absolute Gasteiger partial charge is 0.493 e. The molecule has 0 aliphatic heterocycles. The number of benzene rings is 3. The number of aromatic amines is 1. The number of aliphatic hydroxyl groups excluding tert-OH is 1. The van der Waals surface area contributed by atoms with Crippen LogP contribution in [0.5, 0.6) is 5.75 Å². The highest BCUT2D eigenvalue weighted by atomic mass is 16.5. The lowest BCUT2D eigenvalue weighted by molar-refractivity contribution is 0.0912. The summed E-state index contributed by atoms with van der Waals surface area (Å²) in [6.07, 6.45) is 5.05. The van der Waals surface area contributed by atoms with Gasteiger partial charge in [-0.2, -0.15) is 0 Å². The molecule has 36 heavy (non-hydrogen) atoms. The Morgan fingerprint density at radius 1 is 1.06 bits per heavy atom. The van der Waals surface area contributed by atoms with Crippen LogP contribution in [-0.4, -0.2) is 40.2 Å². The van der Waals surface area contributed by atoms with Crippen molar-refractivity contribution in [1.29, 1.82) is 0 Å². The van der Waals surface area contributed by atoms with Gasteiger partial charge in [-0.05, 0) is 65.9 Å². The fraction of sp³-hybridized carbons (Fsp3) is 0.200. The zero-order valence-corrected chi connectivity index (χ0v) is 20.2. The number of hydrogen-bond donors (Lipinski definition) is 3. The van der Waals surface area contributed by atoms with Crippen molar-refractivity contribution in [2.45, 2.75) is 25.8 Å². The fourth-order valence-electron chi connectivity index (χ4n) is 4.47. The van der Waals surface area contributed by atoms with Crippen LogP contribution in [0.2, 0.25) is 0 Å². The first kappa shape index (κ1) is 23.6. The van der Waals surface area contributed by atoms with Crippen LogP contribution in [0.25, 0.3) is 32.9 Å². The van der Waals surface area contributed by atoms with Gasteiger partial charge in [0.15, 0.2) is 0 Å². The number of carbonyl (C=O) groups excluding carboxylic acids is 1. The van der Waals surface area contributed by atoms with Gasteiger partial charge in [0.05, 0.1) is 30.3 Å². The van der Waals surface area contributed by atoms with Gasteiger partial charge >= 0.3 is 0 Å². The van der Waals surface area contributed by atoms with Crippen LogP contribution >= 0.6 is 0 Å². The normalized spacial score (nSPS) is 12.1. The van der Waals surface area contributed by atoms with E-state index in [0.29, 0.717) is 24.3 Å². The van der Waals surface area contributed by atoms with E-state index in [4.69, 9.17) is 4.74 Å². The molecule has 3 N–H and O–H groups in total. The first-order valence-electron chi connectivity index (χ1n) is 12.2. The van der Waals surface area contributed by atoms with E-state index in [-0.39, 0.29) is 12.5 Å². The van der Waals surface area contributed by atoms with Gasteiger partial charge in [0.2, 0.25) is 0 Å². The van der Waals surface area contributed by atoms with Crippen molar-refractivity contribution in [2.24, 2.45) is 0 Å². The molecule has 0 aliphatic rings. The van der Waals surface area contributed by atoms with Gasteiger partial charge in [-0.25, -0.2) is 0 Å². The molecule has 0 spiro atoms. The van der Waals surface area contributed by atoms with Crippen molar-refractivity contribution in [3.05, 3.63) is 96.3 Å². The molecular formula is C30H29N3O3. The predicted octanol–water partition coefficient (Wildman–Crippen LogP) is 5.51. The first-order valence-corrected chi connectivity index (χ1v) is 12.2. The van der Waals surface area contributed by atoms with Gasteiger partial charge in [0, 0.05) is 28.7 Å². The van der Waals surface area contributed by atoms with Crippen LogP contribution < -0.4 is 10.1 Å². The van der Waals surface area contributed by atoms with E-state index in [1.165, 1.54) is 0 Å². The number of pyridine rings is 1. The van der Waals surface area contributed by atoms with Crippen molar-refractivity contribution in [2.75, 3.05) is 13.2 Å². The first-order chi connectivity index (χ1) is 17.7. The van der Waals surface area contributed by atoms with Gasteiger partial charge in [0.25, 0.3) is 5.91 Å². The number of carbonyl (C=O) groups is 1. The number of aliphatic hydroxyl groups is 1. The minimum Gasteiger partial charge on any atom is -0.493 e. The molecule has 0 unspecified atom stereocenters. The van der Waals surface area contributed by atoms with E-state index >= 15 is 0 Å². The Morgan fingerprint density at radius 2 is 1.89 bits per heavy atom. The summed E-state index contributed by atoms with van der Waals surface area (Å²) < 4.78 is 5.91. The van der Waals surface area contributed by atoms with Crippen LogP contribution in [-0.2, 0) is 6.42 Å². The average Bonchev–Trinajstić information content (AvgIpc) is 3.33. The summed E-state index contributed by atoms with van der Waals surface area (Å²) in [5.74, 6) is 0.258. The van der Waals surface area contributed by atoms with E-state index in [2.05, 4.69) is 21.4 Å². The van der Waals surface area contributed by atoms with Crippen LogP contribution in [0.15, 0.2) is 85.2 Å². The highest BCUT2D eigenvalue weighted by Crippen LogP contribution is 2.29. The molecule has 0 saturated heterocycles. The van der Waals surface area contributed by atoms with Gasteiger partial charge in [-0.3, -0.25) is 9.78 Å². The number of amides is 1. The number of nitrogens with zero attached hydrogens (tertiary/aromatic N) is 1. The molecule has 0 radical (unpaired) electrons. The number of ether oxygens (including phenoxy) is 1. The number of H-pyrrole nitrogens is 1. The van der Waals surface area contributed by atoms with Crippen molar-refractivity contribution >= 4 is 27.7 Å². The lowest BCUT2D eigenvalue weighted by Gasteiger charge is -2.18. The minimum absolute atomic E-state index is 0.173. The van der Waals surface area contributed by atoms with Gasteiger partial charge in [-0.15, -0.1) is 0 Å². The summed E-state index contributed by atoms with van der Waals surface area (Å²) in [5.41, 5.74) is 5.35. The maximum Gasteiger partial charge on any atom is 0.255 e. The quantitative estimate of drug-likeness (QED) is 0.260. The molecule has 6 nitrogen and oxygen atoms in total. The second-order valence-electron chi connectivity index (χ2n) is 8.89. The molecule has 0 saturated carbocycles. The molecule has 182 valence electrons. The van der Waals surface area contributed by atoms with Crippen molar-refractivity contribution in [3.63, 3.8) is 0 Å². The summed E-state index contributed by atoms with van der Waals surface area (Å²) in [7, 11) is 0. The Balaban J connectivity index is 1.43. The molecule has 3 aromatic carbocycles. The molecule has 1 amide bonds. The maximum absolute atomic E-state index is 13.5. The predicted molar refractivity (Wildman–Crippen MR) is 143 cm³/mol. The zero-order valence-electron chi connectivity index (χ0n) is 20.2. The van der Waals surface area contributed by atoms with Gasteiger partial charge in [0.1, 0.15) is 5.75 Å². The van der Waals surface area contributed by atoms with Gasteiger partial charge in [-0.1, -0.05) is 43.3 Å². The van der Waals surface area contributed by atoms with Crippen LogP contribution in [0.1, 0.15) is 29.3 Å². The maximum atomic E-state index is 13.5. The third-order valence-electron chi connectivity index (χ3n) is 6.32. The number of nitrogens with one attached hydrogen (secondary N) is 2. The van der Waals surface area contributed by atoms with Crippen molar-refractivity contribution in [3.8, 4) is 16.9 Å². The number of rotatable bonds is 9. The summed E-state index contributed by atoms with van der Waals surface area (Å²) in [5, 5.41) is 15.2. The molecule has 5 rings (SSSR count). The molecule has 2 heterocycles. The summed E-state index contributed by atoms with van der Waals surface area (Å²) in [6.45, 7) is 2.37. The van der Waals surface area contributed by atoms with Crippen molar-refractivity contribution < 1.29 is 14.6 Å². The smallest absolute Gasteiger partial charge is 0.255 e. The molecule has 0 fully saturated rings. The molecular weight excluding hydrogens is 450 g/mol. The highest BCUT2D eigenvalue weighted by molar-refractivity contribution is 5.99. The van der Waals surface area contributed by atoms with E-state index in [1.54, 1.807) is 6.20 Å². The summed E-state index contributed by atoms with van der Waals surface area (Å²) in [4.78, 5) is 21.1.